The van der Waals surface area contributed by atoms with Crippen LogP contribution < -0.4 is 11.1 Å². The minimum absolute atomic E-state index is 0.171. The lowest BCUT2D eigenvalue weighted by atomic mass is 10.2. The minimum atomic E-state index is -0.494. The molecule has 4 heteroatoms. The number of nitrogens with two attached hydrogens (primary N) is 1. The van der Waals surface area contributed by atoms with Gasteiger partial charge in [0.05, 0.1) is 6.04 Å². The van der Waals surface area contributed by atoms with Crippen LogP contribution in [0, 0.1) is 0 Å². The summed E-state index contributed by atoms with van der Waals surface area (Å²) in [6.07, 6.45) is 1.99. The number of carbonyl (C=O) groups is 1. The number of hydrogen-bond acceptors (Lipinski definition) is 2. The van der Waals surface area contributed by atoms with Gasteiger partial charge < -0.3 is 15.6 Å². The van der Waals surface area contributed by atoms with E-state index in [0.29, 0.717) is 0 Å². The number of benzene rings is 1. The summed E-state index contributed by atoms with van der Waals surface area (Å²) < 4.78 is 2.03. The van der Waals surface area contributed by atoms with Crippen LogP contribution in [0.2, 0.25) is 0 Å². The first-order valence-corrected chi connectivity index (χ1v) is 5.19. The molecule has 16 heavy (non-hydrogen) atoms. The number of anilines is 1. The highest BCUT2D eigenvalue weighted by molar-refractivity contribution is 5.96. The lowest BCUT2D eigenvalue weighted by Crippen LogP contribution is -2.32. The van der Waals surface area contributed by atoms with Gasteiger partial charge in [-0.2, -0.15) is 0 Å². The van der Waals surface area contributed by atoms with Crippen LogP contribution in [0.1, 0.15) is 6.92 Å². The molecule has 1 aromatic heterocycles. The molecule has 2 rings (SSSR count). The number of aryl methyl sites for hydroxylation is 1. The molecular weight excluding hydrogens is 202 g/mol. The van der Waals surface area contributed by atoms with E-state index in [-0.39, 0.29) is 5.91 Å². The van der Waals surface area contributed by atoms with Crippen LogP contribution in [0.3, 0.4) is 0 Å². The van der Waals surface area contributed by atoms with Crippen molar-refractivity contribution in [2.24, 2.45) is 12.8 Å². The van der Waals surface area contributed by atoms with E-state index >= 15 is 0 Å². The molecule has 84 valence electrons. The highest BCUT2D eigenvalue weighted by atomic mass is 16.2. The summed E-state index contributed by atoms with van der Waals surface area (Å²) >= 11 is 0. The first-order chi connectivity index (χ1) is 7.58. The molecule has 0 aliphatic rings. The molecule has 1 heterocycles. The number of carbonyl (C=O) groups excluding carboxylic acids is 1. The molecule has 0 unspecified atom stereocenters. The van der Waals surface area contributed by atoms with Crippen molar-refractivity contribution in [1.29, 1.82) is 0 Å². The number of aromatic nitrogens is 1. The van der Waals surface area contributed by atoms with Gasteiger partial charge in [0.25, 0.3) is 0 Å². The zero-order valence-corrected chi connectivity index (χ0v) is 9.40. The van der Waals surface area contributed by atoms with Gasteiger partial charge in [0, 0.05) is 29.8 Å². The van der Waals surface area contributed by atoms with Crippen molar-refractivity contribution in [3.05, 3.63) is 30.5 Å². The SMILES string of the molecule is C[C@H](N)C(=O)Nc1ccc2c(ccn2C)c1. The molecule has 0 aliphatic heterocycles. The third kappa shape index (κ3) is 1.92. The molecule has 0 spiro atoms. The van der Waals surface area contributed by atoms with Gasteiger partial charge in [-0.1, -0.05) is 0 Å². The largest absolute Gasteiger partial charge is 0.351 e. The standard InChI is InChI=1S/C12H15N3O/c1-8(13)12(16)14-10-3-4-11-9(7-10)5-6-15(11)2/h3-8H,13H2,1-2H3,(H,14,16)/t8-/m0/s1. The normalized spacial score (nSPS) is 12.7. The van der Waals surface area contributed by atoms with Crippen LogP contribution in [0.25, 0.3) is 10.9 Å². The van der Waals surface area contributed by atoms with Crippen LogP contribution in [0.4, 0.5) is 5.69 Å². The monoisotopic (exact) mass is 217 g/mol. The quantitative estimate of drug-likeness (QED) is 0.800. The van der Waals surface area contributed by atoms with Gasteiger partial charge >= 0.3 is 0 Å². The Hall–Kier alpha value is -1.81. The van der Waals surface area contributed by atoms with Gasteiger partial charge in [-0.05, 0) is 31.2 Å². The van der Waals surface area contributed by atoms with Crippen molar-refractivity contribution in [2.45, 2.75) is 13.0 Å². The van der Waals surface area contributed by atoms with Gasteiger partial charge in [-0.25, -0.2) is 0 Å². The van der Waals surface area contributed by atoms with Crippen LogP contribution in [-0.4, -0.2) is 16.5 Å². The molecule has 3 N–H and O–H groups in total. The molecule has 1 aromatic carbocycles. The molecule has 1 amide bonds. The summed E-state index contributed by atoms with van der Waals surface area (Å²) in [5.41, 5.74) is 7.40. The van der Waals surface area contributed by atoms with Crippen molar-refractivity contribution >= 4 is 22.5 Å². The van der Waals surface area contributed by atoms with Crippen molar-refractivity contribution in [3.8, 4) is 0 Å². The third-order valence-corrected chi connectivity index (χ3v) is 2.57. The predicted octanol–water partition coefficient (Wildman–Crippen LogP) is 1.46. The number of amides is 1. The summed E-state index contributed by atoms with van der Waals surface area (Å²) in [6.45, 7) is 1.66. The first-order valence-electron chi connectivity index (χ1n) is 5.19. The molecule has 1 atom stereocenters. The van der Waals surface area contributed by atoms with E-state index in [0.717, 1.165) is 16.6 Å². The van der Waals surface area contributed by atoms with Crippen molar-refractivity contribution < 1.29 is 4.79 Å². The summed E-state index contributed by atoms with van der Waals surface area (Å²) in [6, 6.07) is 7.31. The number of nitrogens with one attached hydrogen (secondary N) is 1. The van der Waals surface area contributed by atoms with E-state index in [2.05, 4.69) is 5.32 Å². The Labute approximate surface area is 94.0 Å². The van der Waals surface area contributed by atoms with Crippen LogP contribution in [0.5, 0.6) is 0 Å². The van der Waals surface area contributed by atoms with E-state index in [9.17, 15) is 4.79 Å². The van der Waals surface area contributed by atoms with Gasteiger partial charge in [0.2, 0.25) is 5.91 Å². The zero-order chi connectivity index (χ0) is 11.7. The highest BCUT2D eigenvalue weighted by Gasteiger charge is 2.07. The Morgan fingerprint density at radius 3 is 2.88 bits per heavy atom. The summed E-state index contributed by atoms with van der Waals surface area (Å²) in [5, 5.41) is 3.87. The molecule has 0 radical (unpaired) electrons. The zero-order valence-electron chi connectivity index (χ0n) is 9.40. The maximum atomic E-state index is 11.4. The van der Waals surface area contributed by atoms with Gasteiger partial charge in [-0.3, -0.25) is 4.79 Å². The lowest BCUT2D eigenvalue weighted by molar-refractivity contribution is -0.117. The summed E-state index contributed by atoms with van der Waals surface area (Å²) in [4.78, 5) is 11.4. The first kappa shape index (κ1) is 10.7. The smallest absolute Gasteiger partial charge is 0.240 e. The predicted molar refractivity (Wildman–Crippen MR) is 65.2 cm³/mol. The number of rotatable bonds is 2. The second-order valence-electron chi connectivity index (χ2n) is 3.98. The summed E-state index contributed by atoms with van der Waals surface area (Å²) in [5.74, 6) is -0.171. The second kappa shape index (κ2) is 3.98. The fourth-order valence-corrected chi connectivity index (χ4v) is 1.62. The number of fused-ring (bicyclic) bond motifs is 1. The second-order valence-corrected chi connectivity index (χ2v) is 3.98. The Morgan fingerprint density at radius 2 is 2.19 bits per heavy atom. The molecule has 0 bridgehead atoms. The average molecular weight is 217 g/mol. The Balaban J connectivity index is 2.30. The van der Waals surface area contributed by atoms with Crippen LogP contribution in [-0.2, 0) is 11.8 Å². The topological polar surface area (TPSA) is 60.1 Å². The van der Waals surface area contributed by atoms with Gasteiger partial charge in [0.1, 0.15) is 0 Å². The molecule has 2 aromatic rings. The molecular formula is C12H15N3O. The van der Waals surface area contributed by atoms with Gasteiger partial charge in [-0.15, -0.1) is 0 Å². The lowest BCUT2D eigenvalue weighted by Gasteiger charge is -2.07. The minimum Gasteiger partial charge on any atom is -0.351 e. The highest BCUT2D eigenvalue weighted by Crippen LogP contribution is 2.19. The van der Waals surface area contributed by atoms with E-state index in [4.69, 9.17) is 5.73 Å². The van der Waals surface area contributed by atoms with Crippen LogP contribution >= 0.6 is 0 Å². The molecule has 4 nitrogen and oxygen atoms in total. The van der Waals surface area contributed by atoms with Crippen molar-refractivity contribution in [2.75, 3.05) is 5.32 Å². The van der Waals surface area contributed by atoms with E-state index < -0.39 is 6.04 Å². The average Bonchev–Trinajstić information content (AvgIpc) is 2.60. The Morgan fingerprint density at radius 1 is 1.44 bits per heavy atom. The third-order valence-electron chi connectivity index (χ3n) is 2.57. The molecule has 0 fully saturated rings. The molecule has 0 aliphatic carbocycles. The Bertz CT molecular complexity index is 528. The number of nitrogens with zero attached hydrogens (tertiary/aromatic N) is 1. The van der Waals surface area contributed by atoms with Crippen LogP contribution in [0.15, 0.2) is 30.5 Å². The summed E-state index contributed by atoms with van der Waals surface area (Å²) in [7, 11) is 1.99. The van der Waals surface area contributed by atoms with Crippen molar-refractivity contribution in [1.82, 2.24) is 4.57 Å². The number of hydrogen-bond donors (Lipinski definition) is 2. The maximum absolute atomic E-state index is 11.4. The Kier molecular flexibility index (Phi) is 2.66. The fourth-order valence-electron chi connectivity index (χ4n) is 1.62. The van der Waals surface area contributed by atoms with E-state index in [1.54, 1.807) is 6.92 Å². The molecule has 0 saturated heterocycles. The van der Waals surface area contributed by atoms with Crippen molar-refractivity contribution in [3.63, 3.8) is 0 Å². The van der Waals surface area contributed by atoms with E-state index in [1.807, 2.05) is 42.1 Å². The maximum Gasteiger partial charge on any atom is 0.240 e. The molecule has 0 saturated carbocycles. The van der Waals surface area contributed by atoms with Gasteiger partial charge in [0.15, 0.2) is 0 Å². The van der Waals surface area contributed by atoms with E-state index in [1.165, 1.54) is 0 Å². The fraction of sp³-hybridized carbons (Fsp3) is 0.250.